The molecule has 17 heavy (non-hydrogen) atoms. The van der Waals surface area contributed by atoms with Gasteiger partial charge < -0.3 is 5.11 Å². The third-order valence-corrected chi connectivity index (χ3v) is 3.18. The zero-order valence-electron chi connectivity index (χ0n) is 9.98. The third-order valence-electron chi connectivity index (χ3n) is 2.25. The van der Waals surface area contributed by atoms with Crippen LogP contribution in [0.1, 0.15) is 6.92 Å². The van der Waals surface area contributed by atoms with E-state index in [9.17, 15) is 5.11 Å². The van der Waals surface area contributed by atoms with Gasteiger partial charge in [-0.3, -0.25) is 0 Å². The fraction of sp³-hybridized carbons (Fsp3) is 0.214. The van der Waals surface area contributed by atoms with Crippen LogP contribution >= 0.6 is 11.8 Å². The van der Waals surface area contributed by atoms with E-state index >= 15 is 0 Å². The summed E-state index contributed by atoms with van der Waals surface area (Å²) in [4.78, 5) is 0. The molecule has 1 unspecified atom stereocenters. The maximum absolute atomic E-state index is 9.57. The average Bonchev–Trinajstić information content (AvgIpc) is 3.00. The Balaban J connectivity index is 0.000000360. The van der Waals surface area contributed by atoms with Gasteiger partial charge in [-0.05, 0) is 13.2 Å². The quantitative estimate of drug-likeness (QED) is 0.503. The van der Waals surface area contributed by atoms with Gasteiger partial charge in [0.2, 0.25) is 0 Å². The Labute approximate surface area is 118 Å². The third kappa shape index (κ3) is 5.92. The van der Waals surface area contributed by atoms with Crippen LogP contribution in [0.3, 0.4) is 0 Å². The molecular weight excluding hydrogens is 272 g/mol. The zero-order chi connectivity index (χ0) is 11.8. The van der Waals surface area contributed by atoms with Gasteiger partial charge >= 0.3 is 0 Å². The van der Waals surface area contributed by atoms with Gasteiger partial charge in [-0.1, -0.05) is 24.3 Å². The van der Waals surface area contributed by atoms with Gasteiger partial charge in [0.15, 0.2) is 0 Å². The van der Waals surface area contributed by atoms with Gasteiger partial charge in [0.05, 0.1) is 5.25 Å². The monoisotopic (exact) mass is 289 g/mol. The standard InChI is InChI=1S/C9H12OS.C5H5.Fe/c1-7(11-2)9(10)8-5-3-4-6-8;1-2-4-5-3-1;/h3-7,10H,1-2H3;1-5H;/q;-1;. The van der Waals surface area contributed by atoms with Crippen molar-refractivity contribution < 1.29 is 22.2 Å². The Morgan fingerprint density at radius 2 is 1.76 bits per heavy atom. The first-order valence-corrected chi connectivity index (χ1v) is 6.52. The molecule has 0 saturated carbocycles. The van der Waals surface area contributed by atoms with E-state index < -0.39 is 0 Å². The Morgan fingerprint density at radius 1 is 1.24 bits per heavy atom. The largest absolute Gasteiger partial charge is 0.511 e. The molecule has 94 valence electrons. The van der Waals surface area contributed by atoms with Crippen molar-refractivity contribution >= 4 is 11.8 Å². The molecule has 1 aromatic rings. The maximum atomic E-state index is 9.57. The van der Waals surface area contributed by atoms with Crippen LogP contribution in [0.15, 0.2) is 66.0 Å². The summed E-state index contributed by atoms with van der Waals surface area (Å²) in [6.07, 6.45) is 9.69. The summed E-state index contributed by atoms with van der Waals surface area (Å²) < 4.78 is 0. The van der Waals surface area contributed by atoms with Gasteiger partial charge in [-0.2, -0.15) is 30.0 Å². The maximum Gasteiger partial charge on any atom is 0.112 e. The molecule has 0 spiro atoms. The van der Waals surface area contributed by atoms with E-state index in [0.29, 0.717) is 5.76 Å². The zero-order valence-corrected chi connectivity index (χ0v) is 11.9. The van der Waals surface area contributed by atoms with Crippen LogP contribution < -0.4 is 0 Å². The molecule has 0 heterocycles. The van der Waals surface area contributed by atoms with E-state index in [2.05, 4.69) is 0 Å². The number of hydrogen-bond donors (Lipinski definition) is 1. The van der Waals surface area contributed by atoms with Crippen LogP contribution in [0, 0.1) is 0 Å². The topological polar surface area (TPSA) is 20.2 Å². The van der Waals surface area contributed by atoms with E-state index in [1.165, 1.54) is 0 Å². The predicted octanol–water partition coefficient (Wildman–Crippen LogP) is 4.08. The SMILES string of the molecule is CSC(C)C(O)=C1C=CC=C1.[Fe].c1cc[cH-]c1. The second kappa shape index (κ2) is 9.29. The molecule has 0 aliphatic heterocycles. The summed E-state index contributed by atoms with van der Waals surface area (Å²) in [6.45, 7) is 1.99. The Bertz CT molecular complexity index is 346. The number of hydrogen-bond acceptors (Lipinski definition) is 2. The van der Waals surface area contributed by atoms with Crippen molar-refractivity contribution in [2.45, 2.75) is 12.2 Å². The first kappa shape index (κ1) is 16.2. The van der Waals surface area contributed by atoms with Crippen LogP contribution in [-0.2, 0) is 17.1 Å². The van der Waals surface area contributed by atoms with Gasteiger partial charge in [0.1, 0.15) is 5.76 Å². The molecule has 1 N–H and O–H groups in total. The molecule has 0 amide bonds. The molecule has 2 rings (SSSR count). The number of rotatable bonds is 2. The summed E-state index contributed by atoms with van der Waals surface area (Å²) in [5.41, 5.74) is 0.937. The molecular formula is C14H17FeOS-. The second-order valence-corrected chi connectivity index (χ2v) is 4.58. The fourth-order valence-corrected chi connectivity index (χ4v) is 1.57. The van der Waals surface area contributed by atoms with Crippen LogP contribution in [0.5, 0.6) is 0 Å². The molecule has 0 bridgehead atoms. The number of aliphatic hydroxyl groups is 1. The number of thioether (sulfide) groups is 1. The van der Waals surface area contributed by atoms with Crippen molar-refractivity contribution in [1.29, 1.82) is 0 Å². The Hall–Kier alpha value is -0.761. The summed E-state index contributed by atoms with van der Waals surface area (Å²) in [7, 11) is 0. The minimum Gasteiger partial charge on any atom is -0.511 e. The van der Waals surface area contributed by atoms with E-state index in [1.54, 1.807) is 11.8 Å². The number of aliphatic hydroxyl groups excluding tert-OH is 1. The molecule has 1 atom stereocenters. The van der Waals surface area contributed by atoms with E-state index in [0.717, 1.165) is 5.57 Å². The first-order valence-electron chi connectivity index (χ1n) is 5.23. The fourth-order valence-electron chi connectivity index (χ4n) is 1.21. The van der Waals surface area contributed by atoms with E-state index in [1.807, 2.05) is 67.8 Å². The molecule has 3 heteroatoms. The van der Waals surface area contributed by atoms with Crippen molar-refractivity contribution in [3.63, 3.8) is 0 Å². The average molecular weight is 289 g/mol. The molecule has 0 radical (unpaired) electrons. The summed E-state index contributed by atoms with van der Waals surface area (Å²) in [5.74, 6) is 0.475. The molecule has 0 fully saturated rings. The van der Waals surface area contributed by atoms with Gasteiger partial charge in [-0.25, -0.2) is 12.1 Å². The van der Waals surface area contributed by atoms with Crippen molar-refractivity contribution in [2.75, 3.05) is 6.26 Å². The summed E-state index contributed by atoms with van der Waals surface area (Å²) in [5, 5.41) is 9.77. The minimum atomic E-state index is 0. The van der Waals surface area contributed by atoms with Crippen molar-refractivity contribution in [3.05, 3.63) is 66.0 Å². The number of allylic oxidation sites excluding steroid dienone is 5. The van der Waals surface area contributed by atoms with Crippen LogP contribution in [0.4, 0.5) is 0 Å². The first-order chi connectivity index (χ1) is 7.75. The van der Waals surface area contributed by atoms with Gasteiger partial charge in [0, 0.05) is 22.6 Å². The predicted molar refractivity (Wildman–Crippen MR) is 72.9 cm³/mol. The van der Waals surface area contributed by atoms with Crippen molar-refractivity contribution in [2.24, 2.45) is 0 Å². The van der Waals surface area contributed by atoms with Crippen LogP contribution in [0.2, 0.25) is 0 Å². The van der Waals surface area contributed by atoms with E-state index in [4.69, 9.17) is 0 Å². The Kier molecular flexibility index (Phi) is 8.87. The Morgan fingerprint density at radius 3 is 2.12 bits per heavy atom. The molecule has 1 aromatic carbocycles. The smallest absolute Gasteiger partial charge is 0.112 e. The van der Waals surface area contributed by atoms with Crippen molar-refractivity contribution in [1.82, 2.24) is 0 Å². The second-order valence-electron chi connectivity index (χ2n) is 3.40. The molecule has 1 nitrogen and oxygen atoms in total. The normalized spacial score (nSPS) is 13.6. The van der Waals surface area contributed by atoms with Crippen LogP contribution in [-0.4, -0.2) is 16.6 Å². The molecule has 0 aromatic heterocycles. The molecule has 0 saturated heterocycles. The molecule has 1 aliphatic rings. The van der Waals surface area contributed by atoms with E-state index in [-0.39, 0.29) is 22.3 Å². The minimum absolute atomic E-state index is 0. The van der Waals surface area contributed by atoms with Crippen molar-refractivity contribution in [3.8, 4) is 0 Å². The molecule has 1 aliphatic carbocycles. The van der Waals surface area contributed by atoms with Crippen LogP contribution in [0.25, 0.3) is 0 Å². The van der Waals surface area contributed by atoms with Gasteiger partial charge in [-0.15, -0.1) is 0 Å². The summed E-state index contributed by atoms with van der Waals surface area (Å²) in [6, 6.07) is 10.0. The van der Waals surface area contributed by atoms with Gasteiger partial charge in [0.25, 0.3) is 0 Å². The summed E-state index contributed by atoms with van der Waals surface area (Å²) >= 11 is 1.64.